The van der Waals surface area contributed by atoms with Gasteiger partial charge in [-0.1, -0.05) is 26.7 Å². The lowest BCUT2D eigenvalue weighted by atomic mass is 10.2. The summed E-state index contributed by atoms with van der Waals surface area (Å²) in [6.45, 7) is 14.3. The highest BCUT2D eigenvalue weighted by molar-refractivity contribution is 5.21. The third-order valence-electron chi connectivity index (χ3n) is 3.77. The van der Waals surface area contributed by atoms with Crippen molar-refractivity contribution in [3.63, 3.8) is 0 Å². The molecule has 0 aliphatic carbocycles. The van der Waals surface area contributed by atoms with Crippen molar-refractivity contribution in [2.24, 2.45) is 5.92 Å². The molecular formula is C16H31N3. The summed E-state index contributed by atoms with van der Waals surface area (Å²) < 4.78 is 2.17. The Hall–Kier alpha value is -0.830. The Kier molecular flexibility index (Phi) is 7.14. The first kappa shape index (κ1) is 16.2. The molecule has 1 rings (SSSR count). The van der Waals surface area contributed by atoms with Crippen molar-refractivity contribution < 1.29 is 0 Å². The van der Waals surface area contributed by atoms with Crippen molar-refractivity contribution in [1.82, 2.24) is 15.1 Å². The van der Waals surface area contributed by atoms with Crippen LogP contribution in [0.1, 0.15) is 56.5 Å². The molecule has 1 N–H and O–H groups in total. The van der Waals surface area contributed by atoms with Gasteiger partial charge in [-0.3, -0.25) is 4.68 Å². The molecule has 3 heteroatoms. The highest BCUT2D eigenvalue weighted by Gasteiger charge is 2.06. The number of nitrogens with zero attached hydrogens (tertiary/aromatic N) is 2. The minimum atomic E-state index is 0.759. The highest BCUT2D eigenvalue weighted by Crippen LogP contribution is 2.12. The number of aromatic nitrogens is 2. The molecular weight excluding hydrogens is 234 g/mol. The summed E-state index contributed by atoms with van der Waals surface area (Å²) in [6.07, 6.45) is 5.17. The number of nitrogens with one attached hydrogen (secondary N) is 1. The van der Waals surface area contributed by atoms with Crippen LogP contribution in [-0.4, -0.2) is 22.9 Å². The fourth-order valence-electron chi connectivity index (χ4n) is 2.26. The normalized spacial score (nSPS) is 11.5. The van der Waals surface area contributed by atoms with Gasteiger partial charge in [-0.25, -0.2) is 0 Å². The summed E-state index contributed by atoms with van der Waals surface area (Å²) in [5.74, 6) is 0.759. The van der Waals surface area contributed by atoms with Crippen LogP contribution in [0.15, 0.2) is 0 Å². The molecule has 0 aliphatic rings. The van der Waals surface area contributed by atoms with E-state index in [4.69, 9.17) is 0 Å². The van der Waals surface area contributed by atoms with Crippen LogP contribution in [-0.2, 0) is 6.54 Å². The lowest BCUT2D eigenvalue weighted by molar-refractivity contribution is 0.501. The van der Waals surface area contributed by atoms with Gasteiger partial charge in [0.1, 0.15) is 0 Å². The molecule has 1 aromatic heterocycles. The van der Waals surface area contributed by atoms with Gasteiger partial charge in [-0.15, -0.1) is 0 Å². The maximum absolute atomic E-state index is 4.58. The van der Waals surface area contributed by atoms with Gasteiger partial charge < -0.3 is 5.32 Å². The third kappa shape index (κ3) is 5.77. The van der Waals surface area contributed by atoms with Crippen LogP contribution in [0.2, 0.25) is 0 Å². The first-order valence-corrected chi connectivity index (χ1v) is 7.73. The van der Waals surface area contributed by atoms with E-state index < -0.39 is 0 Å². The van der Waals surface area contributed by atoms with E-state index in [2.05, 4.69) is 49.7 Å². The Balaban J connectivity index is 2.06. The zero-order valence-electron chi connectivity index (χ0n) is 13.4. The molecule has 0 radical (unpaired) electrons. The van der Waals surface area contributed by atoms with Crippen molar-refractivity contribution >= 4 is 0 Å². The number of hydrogen-bond donors (Lipinski definition) is 1. The predicted octanol–water partition coefficient (Wildman–Crippen LogP) is 3.61. The first-order valence-electron chi connectivity index (χ1n) is 7.73. The first-order chi connectivity index (χ1) is 9.02. The Labute approximate surface area is 118 Å². The Morgan fingerprint density at radius 1 is 1.05 bits per heavy atom. The Bertz CT molecular complexity index is 366. The number of rotatable bonds is 9. The molecule has 0 aliphatic heterocycles. The van der Waals surface area contributed by atoms with E-state index in [-0.39, 0.29) is 0 Å². The average molecular weight is 265 g/mol. The Morgan fingerprint density at radius 2 is 1.74 bits per heavy atom. The van der Waals surface area contributed by atoms with Crippen LogP contribution >= 0.6 is 0 Å². The molecule has 19 heavy (non-hydrogen) atoms. The fourth-order valence-corrected chi connectivity index (χ4v) is 2.26. The maximum Gasteiger partial charge on any atom is 0.0625 e. The van der Waals surface area contributed by atoms with E-state index in [1.807, 2.05) is 0 Å². The minimum absolute atomic E-state index is 0.759. The van der Waals surface area contributed by atoms with Crippen molar-refractivity contribution in [2.75, 3.05) is 13.1 Å². The molecule has 0 fully saturated rings. The number of hydrogen-bond acceptors (Lipinski definition) is 2. The minimum Gasteiger partial charge on any atom is -0.316 e. The van der Waals surface area contributed by atoms with Gasteiger partial charge in [-0.05, 0) is 58.2 Å². The quantitative estimate of drug-likeness (QED) is 0.691. The molecule has 0 atom stereocenters. The second-order valence-corrected chi connectivity index (χ2v) is 6.03. The van der Waals surface area contributed by atoms with Crippen LogP contribution in [0.4, 0.5) is 0 Å². The van der Waals surface area contributed by atoms with E-state index in [9.17, 15) is 0 Å². The Morgan fingerprint density at radius 3 is 2.32 bits per heavy atom. The smallest absolute Gasteiger partial charge is 0.0625 e. The maximum atomic E-state index is 4.58. The second kappa shape index (κ2) is 8.36. The molecule has 110 valence electrons. The summed E-state index contributed by atoms with van der Waals surface area (Å²) in [6, 6.07) is 0. The fraction of sp³-hybridized carbons (Fsp3) is 0.812. The monoisotopic (exact) mass is 265 g/mol. The largest absolute Gasteiger partial charge is 0.316 e. The predicted molar refractivity (Wildman–Crippen MR) is 82.6 cm³/mol. The molecule has 1 heterocycles. The van der Waals surface area contributed by atoms with Crippen LogP contribution < -0.4 is 5.32 Å². The molecule has 0 unspecified atom stereocenters. The molecule has 0 bridgehead atoms. The molecule has 0 saturated carbocycles. The zero-order valence-corrected chi connectivity index (χ0v) is 13.4. The third-order valence-corrected chi connectivity index (χ3v) is 3.77. The van der Waals surface area contributed by atoms with Crippen LogP contribution in [0.5, 0.6) is 0 Å². The van der Waals surface area contributed by atoms with Crippen LogP contribution in [0.25, 0.3) is 0 Å². The van der Waals surface area contributed by atoms with Gasteiger partial charge in [0, 0.05) is 12.2 Å². The summed E-state index contributed by atoms with van der Waals surface area (Å²) in [4.78, 5) is 0. The highest BCUT2D eigenvalue weighted by atomic mass is 15.3. The molecule has 0 saturated heterocycles. The van der Waals surface area contributed by atoms with Crippen molar-refractivity contribution in [3.8, 4) is 0 Å². The standard InChI is InChI=1S/C16H31N3/c1-13(2)12-17-10-8-6-7-9-11-19-16(5)14(3)15(4)18-19/h13,17H,6-12H2,1-5H3. The number of aryl methyl sites for hydroxylation is 2. The molecule has 1 aromatic rings. The van der Waals surface area contributed by atoms with Gasteiger partial charge in [0.15, 0.2) is 0 Å². The number of unbranched alkanes of at least 4 members (excludes halogenated alkanes) is 3. The van der Waals surface area contributed by atoms with E-state index >= 15 is 0 Å². The van der Waals surface area contributed by atoms with Gasteiger partial charge in [0.25, 0.3) is 0 Å². The van der Waals surface area contributed by atoms with Crippen LogP contribution in [0, 0.1) is 26.7 Å². The zero-order chi connectivity index (χ0) is 14.3. The second-order valence-electron chi connectivity index (χ2n) is 6.03. The topological polar surface area (TPSA) is 29.9 Å². The lowest BCUT2D eigenvalue weighted by Gasteiger charge is -2.07. The van der Waals surface area contributed by atoms with Crippen molar-refractivity contribution in [1.29, 1.82) is 0 Å². The van der Waals surface area contributed by atoms with Crippen LogP contribution in [0.3, 0.4) is 0 Å². The van der Waals surface area contributed by atoms with Gasteiger partial charge in [0.2, 0.25) is 0 Å². The SMILES string of the molecule is Cc1nn(CCCCCCNCC(C)C)c(C)c1C. The molecule has 0 amide bonds. The van der Waals surface area contributed by atoms with E-state index in [1.54, 1.807) is 0 Å². The van der Waals surface area contributed by atoms with Crippen molar-refractivity contribution in [3.05, 3.63) is 17.0 Å². The van der Waals surface area contributed by atoms with Crippen molar-refractivity contribution in [2.45, 2.75) is 66.8 Å². The van der Waals surface area contributed by atoms with E-state index in [0.717, 1.165) is 25.6 Å². The van der Waals surface area contributed by atoms with Gasteiger partial charge in [0.05, 0.1) is 5.69 Å². The summed E-state index contributed by atoms with van der Waals surface area (Å²) in [5.41, 5.74) is 3.85. The average Bonchev–Trinajstić information content (AvgIpc) is 2.60. The lowest BCUT2D eigenvalue weighted by Crippen LogP contribution is -2.20. The van der Waals surface area contributed by atoms with E-state index in [0.29, 0.717) is 0 Å². The van der Waals surface area contributed by atoms with Gasteiger partial charge in [-0.2, -0.15) is 5.10 Å². The molecule has 0 aromatic carbocycles. The summed E-state index contributed by atoms with van der Waals surface area (Å²) >= 11 is 0. The molecule has 0 spiro atoms. The summed E-state index contributed by atoms with van der Waals surface area (Å²) in [5, 5.41) is 8.08. The van der Waals surface area contributed by atoms with E-state index in [1.165, 1.54) is 42.6 Å². The van der Waals surface area contributed by atoms with Gasteiger partial charge >= 0.3 is 0 Å². The summed E-state index contributed by atoms with van der Waals surface area (Å²) in [7, 11) is 0. The molecule has 3 nitrogen and oxygen atoms in total.